The van der Waals surface area contributed by atoms with Gasteiger partial charge in [0.25, 0.3) is 0 Å². The topological polar surface area (TPSA) is 37.3 Å². The third-order valence-corrected chi connectivity index (χ3v) is 4.26. The summed E-state index contributed by atoms with van der Waals surface area (Å²) in [5.41, 5.74) is 2.14. The number of hydrogen-bond acceptors (Lipinski definition) is 1. The fourth-order valence-electron chi connectivity index (χ4n) is 1.73. The van der Waals surface area contributed by atoms with Crippen molar-refractivity contribution in [2.75, 3.05) is 0 Å². The molecule has 1 N–H and O–H groups in total. The highest BCUT2D eigenvalue weighted by molar-refractivity contribution is 6.48. The van der Waals surface area contributed by atoms with Crippen molar-refractivity contribution in [2.24, 2.45) is 0 Å². The number of benzene rings is 2. The van der Waals surface area contributed by atoms with Crippen LogP contribution in [0.4, 0.5) is 0 Å². The Morgan fingerprint density at radius 2 is 1.52 bits per heavy atom. The Bertz CT molecular complexity index is 715. The van der Waals surface area contributed by atoms with E-state index in [1.807, 2.05) is 0 Å². The predicted molar refractivity (Wildman–Crippen MR) is 88.6 cm³/mol. The van der Waals surface area contributed by atoms with Gasteiger partial charge in [0.05, 0.1) is 15.1 Å². The van der Waals surface area contributed by atoms with E-state index in [-0.39, 0.29) is 0 Å². The van der Waals surface area contributed by atoms with Crippen molar-refractivity contribution in [1.29, 1.82) is 0 Å². The van der Waals surface area contributed by atoms with Gasteiger partial charge in [0.1, 0.15) is 0 Å². The highest BCUT2D eigenvalue weighted by Gasteiger charge is 2.09. The fourth-order valence-corrected chi connectivity index (χ4v) is 2.51. The van der Waals surface area contributed by atoms with Gasteiger partial charge in [0, 0.05) is 11.1 Å². The van der Waals surface area contributed by atoms with Crippen molar-refractivity contribution in [3.05, 3.63) is 62.1 Å². The molecule has 0 fully saturated rings. The van der Waals surface area contributed by atoms with E-state index in [1.54, 1.807) is 30.3 Å². The Hall–Kier alpha value is -1.19. The van der Waals surface area contributed by atoms with Crippen molar-refractivity contribution in [3.8, 4) is 11.1 Å². The molecule has 21 heavy (non-hydrogen) atoms. The normalized spacial score (nSPS) is 11.0. The van der Waals surface area contributed by atoms with Gasteiger partial charge in [0.2, 0.25) is 0 Å². The molecule has 0 aliphatic carbocycles. The first-order chi connectivity index (χ1) is 9.88. The summed E-state index contributed by atoms with van der Waals surface area (Å²) in [4.78, 5) is 10.6. The zero-order valence-corrected chi connectivity index (χ0v) is 13.4. The Morgan fingerprint density at radius 3 is 2.10 bits per heavy atom. The van der Waals surface area contributed by atoms with Crippen LogP contribution in [0.2, 0.25) is 20.1 Å². The highest BCUT2D eigenvalue weighted by Crippen LogP contribution is 2.36. The van der Waals surface area contributed by atoms with Gasteiger partial charge in [-0.05, 0) is 47.0 Å². The summed E-state index contributed by atoms with van der Waals surface area (Å²) in [6.07, 6.45) is 2.44. The molecule has 0 spiro atoms. The molecule has 0 saturated carbocycles. The van der Waals surface area contributed by atoms with Crippen LogP contribution < -0.4 is 0 Å². The summed E-state index contributed by atoms with van der Waals surface area (Å²) < 4.78 is 0. The van der Waals surface area contributed by atoms with Gasteiger partial charge >= 0.3 is 5.97 Å². The first-order valence-corrected chi connectivity index (χ1v) is 7.25. The monoisotopic (exact) mass is 360 g/mol. The number of halogens is 4. The molecule has 0 unspecified atom stereocenters. The van der Waals surface area contributed by atoms with Gasteiger partial charge in [-0.2, -0.15) is 0 Å². The third kappa shape index (κ3) is 3.92. The molecular weight excluding hydrogens is 354 g/mol. The number of carboxylic acids is 1. The van der Waals surface area contributed by atoms with Gasteiger partial charge < -0.3 is 5.11 Å². The van der Waals surface area contributed by atoms with Crippen LogP contribution >= 0.6 is 46.4 Å². The van der Waals surface area contributed by atoms with Gasteiger partial charge in [-0.1, -0.05) is 52.5 Å². The van der Waals surface area contributed by atoms with Gasteiger partial charge in [0.15, 0.2) is 0 Å². The van der Waals surface area contributed by atoms with E-state index in [9.17, 15) is 4.79 Å². The number of carboxylic acid groups (broad SMARTS) is 1. The zero-order valence-electron chi connectivity index (χ0n) is 10.4. The molecule has 0 bridgehead atoms. The minimum absolute atomic E-state index is 0.294. The number of hydrogen-bond donors (Lipinski definition) is 1. The molecular formula is C15H8Cl4O2. The van der Waals surface area contributed by atoms with Gasteiger partial charge in [-0.25, -0.2) is 4.79 Å². The second-order valence-corrected chi connectivity index (χ2v) is 5.76. The third-order valence-electron chi connectivity index (χ3n) is 2.72. The maximum absolute atomic E-state index is 10.6. The second kappa shape index (κ2) is 6.71. The van der Waals surface area contributed by atoms with E-state index in [4.69, 9.17) is 51.5 Å². The molecule has 0 aliphatic heterocycles. The second-order valence-electron chi connectivity index (χ2n) is 4.16. The van der Waals surface area contributed by atoms with Crippen LogP contribution in [0.15, 0.2) is 36.4 Å². The van der Waals surface area contributed by atoms with Crippen molar-refractivity contribution >= 4 is 58.4 Å². The lowest BCUT2D eigenvalue weighted by molar-refractivity contribution is -0.131. The minimum Gasteiger partial charge on any atom is -0.478 e. The summed E-state index contributed by atoms with van der Waals surface area (Å²) in [5, 5.41) is 10.1. The molecule has 0 atom stereocenters. The fraction of sp³-hybridized carbons (Fsp3) is 0. The molecule has 2 nitrogen and oxygen atoms in total. The van der Waals surface area contributed by atoms with Crippen molar-refractivity contribution < 1.29 is 9.90 Å². The van der Waals surface area contributed by atoms with E-state index in [0.717, 1.165) is 17.2 Å². The maximum atomic E-state index is 10.6. The summed E-state index contributed by atoms with van der Waals surface area (Å²) in [6.45, 7) is 0. The predicted octanol–water partition coefficient (Wildman–Crippen LogP) is 6.07. The van der Waals surface area contributed by atoms with Crippen LogP contribution in [0.25, 0.3) is 17.2 Å². The molecule has 0 saturated heterocycles. The zero-order chi connectivity index (χ0) is 15.6. The number of aliphatic carboxylic acids is 1. The average Bonchev–Trinajstić information content (AvgIpc) is 2.43. The van der Waals surface area contributed by atoms with Crippen LogP contribution in [0.3, 0.4) is 0 Å². The molecule has 6 heteroatoms. The quantitative estimate of drug-likeness (QED) is 0.532. The standard InChI is InChI=1S/C15H8Cl4O2/c16-11-3-1-8(5-9(11)2-4-14(20)21)10-6-12(17)15(19)13(18)7-10/h1-7H,(H,20,21)/b4-2+. The molecule has 2 rings (SSSR count). The lowest BCUT2D eigenvalue weighted by Crippen LogP contribution is -1.87. The van der Waals surface area contributed by atoms with E-state index < -0.39 is 5.97 Å². The van der Waals surface area contributed by atoms with E-state index in [1.165, 1.54) is 6.08 Å². The molecule has 0 heterocycles. The van der Waals surface area contributed by atoms with Crippen LogP contribution in [0, 0.1) is 0 Å². The van der Waals surface area contributed by atoms with Crippen molar-refractivity contribution in [3.63, 3.8) is 0 Å². The Labute approximate surface area is 141 Å². The molecule has 2 aromatic carbocycles. The van der Waals surface area contributed by atoms with Crippen molar-refractivity contribution in [1.82, 2.24) is 0 Å². The largest absolute Gasteiger partial charge is 0.478 e. The van der Waals surface area contributed by atoms with Crippen LogP contribution in [-0.4, -0.2) is 11.1 Å². The number of carbonyl (C=O) groups is 1. The summed E-state index contributed by atoms with van der Waals surface area (Å²) in [5.74, 6) is -1.05. The molecule has 108 valence electrons. The molecule has 0 radical (unpaired) electrons. The van der Waals surface area contributed by atoms with Gasteiger partial charge in [-0.15, -0.1) is 0 Å². The average molecular weight is 362 g/mol. The van der Waals surface area contributed by atoms with Crippen molar-refractivity contribution in [2.45, 2.75) is 0 Å². The lowest BCUT2D eigenvalue weighted by Gasteiger charge is -2.08. The molecule has 0 amide bonds. The highest BCUT2D eigenvalue weighted by atomic mass is 35.5. The summed E-state index contributed by atoms with van der Waals surface area (Å²) in [7, 11) is 0. The SMILES string of the molecule is O=C(O)/C=C/c1cc(-c2cc(Cl)c(Cl)c(Cl)c2)ccc1Cl. The molecule has 2 aromatic rings. The molecule has 0 aromatic heterocycles. The smallest absolute Gasteiger partial charge is 0.328 e. The Balaban J connectivity index is 2.50. The van der Waals surface area contributed by atoms with E-state index in [0.29, 0.717) is 25.7 Å². The van der Waals surface area contributed by atoms with Crippen LogP contribution in [0.5, 0.6) is 0 Å². The summed E-state index contributed by atoms with van der Waals surface area (Å²) in [6, 6.07) is 8.58. The number of rotatable bonds is 3. The van der Waals surface area contributed by atoms with Crippen LogP contribution in [0.1, 0.15) is 5.56 Å². The maximum Gasteiger partial charge on any atom is 0.328 e. The first kappa shape index (κ1) is 16.2. The van der Waals surface area contributed by atoms with E-state index >= 15 is 0 Å². The molecule has 0 aliphatic rings. The minimum atomic E-state index is -1.05. The summed E-state index contributed by atoms with van der Waals surface area (Å²) >= 11 is 24.0. The Kier molecular flexibility index (Phi) is 5.17. The first-order valence-electron chi connectivity index (χ1n) is 5.74. The lowest BCUT2D eigenvalue weighted by atomic mass is 10.0. The van der Waals surface area contributed by atoms with Gasteiger partial charge in [-0.3, -0.25) is 0 Å². The Morgan fingerprint density at radius 1 is 0.905 bits per heavy atom. The van der Waals surface area contributed by atoms with E-state index in [2.05, 4.69) is 0 Å². The van der Waals surface area contributed by atoms with Crippen LogP contribution in [-0.2, 0) is 4.79 Å².